The van der Waals surface area contributed by atoms with Crippen molar-refractivity contribution in [2.45, 2.75) is 38.9 Å². The highest BCUT2D eigenvalue weighted by molar-refractivity contribution is 4.72. The van der Waals surface area contributed by atoms with Gasteiger partial charge in [-0.2, -0.15) is 13.2 Å². The summed E-state index contributed by atoms with van der Waals surface area (Å²) in [5, 5.41) is 2.43. The first kappa shape index (κ1) is 10.8. The fourth-order valence-corrected chi connectivity index (χ4v) is 0.810. The Balaban J connectivity index is 3.76. The van der Waals surface area contributed by atoms with Gasteiger partial charge in [0, 0.05) is 0 Å². The molecule has 0 aromatic rings. The second kappa shape index (κ2) is 4.59. The lowest BCUT2D eigenvalue weighted by Crippen LogP contribution is -2.41. The van der Waals surface area contributed by atoms with Crippen LogP contribution in [0.2, 0.25) is 0 Å². The molecule has 1 nitrogen and oxygen atoms in total. The highest BCUT2D eigenvalue weighted by Gasteiger charge is 2.37. The van der Waals surface area contributed by atoms with E-state index in [2.05, 4.69) is 5.32 Å². The summed E-state index contributed by atoms with van der Waals surface area (Å²) in [6.07, 6.45) is -3.26. The van der Waals surface area contributed by atoms with Crippen molar-refractivity contribution in [3.8, 4) is 0 Å². The molecule has 1 unspecified atom stereocenters. The van der Waals surface area contributed by atoms with Crippen LogP contribution in [0, 0.1) is 0 Å². The Kier molecular flexibility index (Phi) is 4.49. The van der Waals surface area contributed by atoms with Gasteiger partial charge in [0.25, 0.3) is 0 Å². The molecule has 0 aromatic carbocycles. The van der Waals surface area contributed by atoms with E-state index in [1.54, 1.807) is 0 Å². The van der Waals surface area contributed by atoms with Gasteiger partial charge >= 0.3 is 6.18 Å². The third kappa shape index (κ3) is 4.24. The van der Waals surface area contributed by atoms with Crippen molar-refractivity contribution in [2.75, 3.05) is 6.54 Å². The van der Waals surface area contributed by atoms with Crippen LogP contribution in [0.25, 0.3) is 0 Å². The van der Waals surface area contributed by atoms with Crippen LogP contribution in [0.4, 0.5) is 13.2 Å². The minimum absolute atomic E-state index is 0.101. The molecule has 0 bridgehead atoms. The summed E-state index contributed by atoms with van der Waals surface area (Å²) in [6, 6.07) is -1.33. The van der Waals surface area contributed by atoms with Gasteiger partial charge in [-0.3, -0.25) is 0 Å². The molecule has 0 aliphatic heterocycles. The van der Waals surface area contributed by atoms with E-state index < -0.39 is 12.2 Å². The molecule has 1 N–H and O–H groups in total. The van der Waals surface area contributed by atoms with Crippen LogP contribution in [0.3, 0.4) is 0 Å². The molecule has 0 radical (unpaired) electrons. The summed E-state index contributed by atoms with van der Waals surface area (Å²) in [6.45, 7) is 3.80. The lowest BCUT2D eigenvalue weighted by Gasteiger charge is -2.19. The molecule has 0 saturated carbocycles. The maximum absolute atomic E-state index is 12.0. The number of halogens is 3. The average Bonchev–Trinajstić information content (AvgIpc) is 1.87. The molecular formula is C7H14F3N. The standard InChI is InChI=1S/C7H14F3N/c1-3-5-11-6(4-2)7(8,9)10/h6,11H,3-5H2,1-2H3. The predicted octanol–water partition coefficient (Wildman–Crippen LogP) is 2.33. The largest absolute Gasteiger partial charge is 0.403 e. The molecule has 0 aromatic heterocycles. The van der Waals surface area contributed by atoms with E-state index >= 15 is 0 Å². The average molecular weight is 169 g/mol. The molecule has 0 aliphatic rings. The molecule has 68 valence electrons. The summed E-state index contributed by atoms with van der Waals surface area (Å²) in [4.78, 5) is 0. The summed E-state index contributed by atoms with van der Waals surface area (Å²) in [7, 11) is 0. The summed E-state index contributed by atoms with van der Waals surface area (Å²) < 4.78 is 35.9. The molecule has 4 heteroatoms. The van der Waals surface area contributed by atoms with Gasteiger partial charge in [-0.15, -0.1) is 0 Å². The molecular weight excluding hydrogens is 155 g/mol. The molecule has 0 heterocycles. The number of hydrogen-bond donors (Lipinski definition) is 1. The van der Waals surface area contributed by atoms with Gasteiger partial charge in [-0.25, -0.2) is 0 Å². The van der Waals surface area contributed by atoms with E-state index in [0.29, 0.717) is 6.54 Å². The van der Waals surface area contributed by atoms with Crippen molar-refractivity contribution in [1.82, 2.24) is 5.32 Å². The van der Waals surface area contributed by atoms with Crippen molar-refractivity contribution in [1.29, 1.82) is 0 Å². The quantitative estimate of drug-likeness (QED) is 0.681. The van der Waals surface area contributed by atoms with Gasteiger partial charge in [-0.1, -0.05) is 13.8 Å². The highest BCUT2D eigenvalue weighted by Crippen LogP contribution is 2.21. The highest BCUT2D eigenvalue weighted by atomic mass is 19.4. The topological polar surface area (TPSA) is 12.0 Å². The lowest BCUT2D eigenvalue weighted by atomic mass is 10.2. The third-order valence-electron chi connectivity index (χ3n) is 1.44. The number of rotatable bonds is 4. The number of hydrogen-bond acceptors (Lipinski definition) is 1. The minimum atomic E-state index is -4.09. The fraction of sp³-hybridized carbons (Fsp3) is 1.00. The Labute approximate surface area is 65.0 Å². The summed E-state index contributed by atoms with van der Waals surface area (Å²) in [5.41, 5.74) is 0. The summed E-state index contributed by atoms with van der Waals surface area (Å²) in [5.74, 6) is 0. The van der Waals surface area contributed by atoms with Gasteiger partial charge < -0.3 is 5.32 Å². The Morgan fingerprint density at radius 2 is 1.82 bits per heavy atom. The molecule has 1 atom stereocenters. The Hall–Kier alpha value is -0.250. The molecule has 11 heavy (non-hydrogen) atoms. The Morgan fingerprint density at radius 1 is 1.27 bits per heavy atom. The normalized spacial score (nSPS) is 15.0. The number of alkyl halides is 3. The third-order valence-corrected chi connectivity index (χ3v) is 1.44. The van der Waals surface area contributed by atoms with Crippen molar-refractivity contribution >= 4 is 0 Å². The van der Waals surface area contributed by atoms with Crippen LogP contribution < -0.4 is 5.32 Å². The van der Waals surface area contributed by atoms with Crippen LogP contribution in [0.1, 0.15) is 26.7 Å². The van der Waals surface area contributed by atoms with E-state index in [-0.39, 0.29) is 6.42 Å². The molecule has 0 saturated heterocycles. The van der Waals surface area contributed by atoms with Crippen LogP contribution in [0.15, 0.2) is 0 Å². The molecule has 0 amide bonds. The first-order valence-corrected chi connectivity index (χ1v) is 3.82. The zero-order valence-electron chi connectivity index (χ0n) is 6.83. The van der Waals surface area contributed by atoms with Crippen LogP contribution >= 0.6 is 0 Å². The van der Waals surface area contributed by atoms with Crippen molar-refractivity contribution in [2.24, 2.45) is 0 Å². The Morgan fingerprint density at radius 3 is 2.09 bits per heavy atom. The maximum atomic E-state index is 12.0. The smallest absolute Gasteiger partial charge is 0.306 e. The Bertz CT molecular complexity index is 100. The molecule has 0 aliphatic carbocycles. The maximum Gasteiger partial charge on any atom is 0.403 e. The van der Waals surface area contributed by atoms with Gasteiger partial charge in [0.2, 0.25) is 0 Å². The van der Waals surface area contributed by atoms with E-state index in [0.717, 1.165) is 6.42 Å². The van der Waals surface area contributed by atoms with Gasteiger partial charge in [0.05, 0.1) is 0 Å². The first-order valence-electron chi connectivity index (χ1n) is 3.82. The predicted molar refractivity (Wildman–Crippen MR) is 38.4 cm³/mol. The SMILES string of the molecule is CCCNC(CC)C(F)(F)F. The summed E-state index contributed by atoms with van der Waals surface area (Å²) >= 11 is 0. The van der Waals surface area contributed by atoms with Gasteiger partial charge in [0.15, 0.2) is 0 Å². The van der Waals surface area contributed by atoms with Crippen LogP contribution in [0.5, 0.6) is 0 Å². The zero-order chi connectivity index (χ0) is 8.91. The van der Waals surface area contributed by atoms with Crippen molar-refractivity contribution in [3.05, 3.63) is 0 Å². The lowest BCUT2D eigenvalue weighted by molar-refractivity contribution is -0.156. The molecule has 0 fully saturated rings. The van der Waals surface area contributed by atoms with E-state index in [4.69, 9.17) is 0 Å². The fourth-order valence-electron chi connectivity index (χ4n) is 0.810. The van der Waals surface area contributed by atoms with Crippen molar-refractivity contribution < 1.29 is 13.2 Å². The van der Waals surface area contributed by atoms with E-state index in [9.17, 15) is 13.2 Å². The molecule has 0 rings (SSSR count). The van der Waals surface area contributed by atoms with Crippen molar-refractivity contribution in [3.63, 3.8) is 0 Å². The second-order valence-electron chi connectivity index (χ2n) is 2.46. The van der Waals surface area contributed by atoms with Gasteiger partial charge in [0.1, 0.15) is 6.04 Å². The van der Waals surface area contributed by atoms with Crippen LogP contribution in [-0.4, -0.2) is 18.8 Å². The monoisotopic (exact) mass is 169 g/mol. The second-order valence-corrected chi connectivity index (χ2v) is 2.46. The van der Waals surface area contributed by atoms with E-state index in [1.807, 2.05) is 6.92 Å². The molecule has 0 spiro atoms. The van der Waals surface area contributed by atoms with E-state index in [1.165, 1.54) is 6.92 Å². The van der Waals surface area contributed by atoms with Gasteiger partial charge in [-0.05, 0) is 19.4 Å². The van der Waals surface area contributed by atoms with Crippen LogP contribution in [-0.2, 0) is 0 Å². The zero-order valence-corrected chi connectivity index (χ0v) is 6.83. The minimum Gasteiger partial charge on any atom is -0.306 e. The first-order chi connectivity index (χ1) is 5.02. The number of nitrogens with one attached hydrogen (secondary N) is 1.